The van der Waals surface area contributed by atoms with E-state index in [9.17, 15) is 0 Å². The first kappa shape index (κ1) is 11.9. The van der Waals surface area contributed by atoms with Gasteiger partial charge in [-0.05, 0) is 11.6 Å². The van der Waals surface area contributed by atoms with Crippen molar-refractivity contribution in [2.75, 3.05) is 5.84 Å². The average Bonchev–Trinajstić information content (AvgIpc) is 2.82. The van der Waals surface area contributed by atoms with E-state index in [-0.39, 0.29) is 0 Å². The van der Waals surface area contributed by atoms with Crippen molar-refractivity contribution in [2.24, 2.45) is 0 Å². The molecule has 0 saturated carbocycles. The van der Waals surface area contributed by atoms with Crippen molar-refractivity contribution in [2.45, 2.75) is 6.42 Å². The molecule has 2 aromatic carbocycles. The Labute approximate surface area is 121 Å². The molecule has 0 aliphatic carbocycles. The number of hydrogen-bond acceptors (Lipinski definition) is 3. The number of benzene rings is 2. The molecule has 102 valence electrons. The van der Waals surface area contributed by atoms with Gasteiger partial charge in [0.05, 0.1) is 5.52 Å². The van der Waals surface area contributed by atoms with Crippen LogP contribution in [0.5, 0.6) is 0 Å². The number of aromatic nitrogens is 3. The second kappa shape index (κ2) is 4.59. The summed E-state index contributed by atoms with van der Waals surface area (Å²) in [5, 5.41) is 2.08. The molecule has 0 amide bonds. The summed E-state index contributed by atoms with van der Waals surface area (Å²) in [6.45, 7) is 0. The maximum Gasteiger partial charge on any atom is 0.163 e. The van der Waals surface area contributed by atoms with E-state index in [1.165, 1.54) is 5.56 Å². The summed E-state index contributed by atoms with van der Waals surface area (Å²) in [5.41, 5.74) is 2.94. The lowest BCUT2D eigenvalue weighted by molar-refractivity contribution is 0.964. The van der Waals surface area contributed by atoms with Crippen LogP contribution in [0.25, 0.3) is 21.9 Å². The van der Waals surface area contributed by atoms with Gasteiger partial charge in [0.2, 0.25) is 0 Å². The third-order valence-electron chi connectivity index (χ3n) is 3.71. The fourth-order valence-corrected chi connectivity index (χ4v) is 2.67. The predicted octanol–water partition coefficient (Wildman–Crippen LogP) is 2.89. The number of para-hydroxylation sites is 1. The molecule has 0 bridgehead atoms. The fraction of sp³-hybridized carbons (Fsp3) is 0.0588. The zero-order chi connectivity index (χ0) is 14.2. The van der Waals surface area contributed by atoms with Crippen LogP contribution < -0.4 is 5.84 Å². The van der Waals surface area contributed by atoms with Gasteiger partial charge in [0.1, 0.15) is 5.82 Å². The normalized spacial score (nSPS) is 11.2. The summed E-state index contributed by atoms with van der Waals surface area (Å²) in [5.74, 6) is 6.94. The van der Waals surface area contributed by atoms with Crippen LogP contribution >= 0.6 is 0 Å². The maximum atomic E-state index is 6.16. The molecule has 0 unspecified atom stereocenters. The van der Waals surface area contributed by atoms with E-state index in [1.54, 1.807) is 4.68 Å². The van der Waals surface area contributed by atoms with Crippen molar-refractivity contribution in [1.82, 2.24) is 14.6 Å². The van der Waals surface area contributed by atoms with Gasteiger partial charge in [-0.1, -0.05) is 48.5 Å². The molecule has 0 aliphatic rings. The molecule has 0 saturated heterocycles. The molecule has 0 atom stereocenters. The van der Waals surface area contributed by atoms with Crippen LogP contribution in [0, 0.1) is 0 Å². The molecule has 0 aliphatic heterocycles. The molecule has 0 fully saturated rings. The lowest BCUT2D eigenvalue weighted by Crippen LogP contribution is -2.09. The standard InChI is InChI=1S/C17H14N4/c18-21-15-9-5-4-8-13(15)14-11-19-16(20-17(14)21)10-12-6-2-1-3-7-12/h1-9,11H,10,18H2. The number of nitrogens with zero attached hydrogens (tertiary/aromatic N) is 3. The van der Waals surface area contributed by atoms with E-state index in [2.05, 4.69) is 22.1 Å². The number of nitrogen functional groups attached to an aromatic ring is 1. The second-order valence-electron chi connectivity index (χ2n) is 5.07. The topological polar surface area (TPSA) is 56.7 Å². The zero-order valence-electron chi connectivity index (χ0n) is 11.4. The summed E-state index contributed by atoms with van der Waals surface area (Å²) in [7, 11) is 0. The average molecular weight is 274 g/mol. The first-order valence-electron chi connectivity index (χ1n) is 6.87. The predicted molar refractivity (Wildman–Crippen MR) is 84.4 cm³/mol. The molecule has 4 nitrogen and oxygen atoms in total. The summed E-state index contributed by atoms with van der Waals surface area (Å²) < 4.78 is 1.64. The largest absolute Gasteiger partial charge is 0.337 e. The first-order valence-corrected chi connectivity index (χ1v) is 6.87. The highest BCUT2D eigenvalue weighted by molar-refractivity contribution is 6.06. The van der Waals surface area contributed by atoms with Gasteiger partial charge in [-0.3, -0.25) is 0 Å². The Balaban J connectivity index is 1.86. The molecule has 4 aromatic rings. The third-order valence-corrected chi connectivity index (χ3v) is 3.71. The molecule has 0 radical (unpaired) electrons. The molecule has 2 N–H and O–H groups in total. The van der Waals surface area contributed by atoms with E-state index < -0.39 is 0 Å². The van der Waals surface area contributed by atoms with Crippen molar-refractivity contribution in [3.8, 4) is 0 Å². The monoisotopic (exact) mass is 274 g/mol. The van der Waals surface area contributed by atoms with Gasteiger partial charge >= 0.3 is 0 Å². The highest BCUT2D eigenvalue weighted by atomic mass is 15.3. The molecule has 0 spiro atoms. The van der Waals surface area contributed by atoms with Crippen LogP contribution in [0.3, 0.4) is 0 Å². The van der Waals surface area contributed by atoms with E-state index >= 15 is 0 Å². The number of rotatable bonds is 2. The summed E-state index contributed by atoms with van der Waals surface area (Å²) in [6, 6.07) is 18.2. The van der Waals surface area contributed by atoms with Crippen LogP contribution in [0.4, 0.5) is 0 Å². The number of fused-ring (bicyclic) bond motifs is 3. The Morgan fingerprint density at radius 2 is 1.67 bits per heavy atom. The first-order chi connectivity index (χ1) is 10.3. The fourth-order valence-electron chi connectivity index (χ4n) is 2.67. The SMILES string of the molecule is Nn1c2ccccc2c2cnc(Cc3ccccc3)nc21. The van der Waals surface area contributed by atoms with Crippen molar-refractivity contribution >= 4 is 21.9 Å². The lowest BCUT2D eigenvalue weighted by atomic mass is 10.1. The van der Waals surface area contributed by atoms with Crippen LogP contribution in [-0.4, -0.2) is 14.6 Å². The summed E-state index contributed by atoms with van der Waals surface area (Å²) in [4.78, 5) is 9.12. The van der Waals surface area contributed by atoms with Crippen LogP contribution in [0.15, 0.2) is 60.8 Å². The van der Waals surface area contributed by atoms with E-state index in [4.69, 9.17) is 5.84 Å². The molecule has 4 rings (SSSR count). The van der Waals surface area contributed by atoms with Gasteiger partial charge in [0.25, 0.3) is 0 Å². The molecule has 4 heteroatoms. The smallest absolute Gasteiger partial charge is 0.163 e. The Hall–Kier alpha value is -2.88. The Kier molecular flexibility index (Phi) is 2.60. The van der Waals surface area contributed by atoms with E-state index in [0.717, 1.165) is 27.8 Å². The van der Waals surface area contributed by atoms with Crippen molar-refractivity contribution in [1.29, 1.82) is 0 Å². The quantitative estimate of drug-likeness (QED) is 0.572. The molecule has 2 heterocycles. The zero-order valence-corrected chi connectivity index (χ0v) is 11.4. The Morgan fingerprint density at radius 1 is 0.905 bits per heavy atom. The highest BCUT2D eigenvalue weighted by Gasteiger charge is 2.11. The molecule has 21 heavy (non-hydrogen) atoms. The van der Waals surface area contributed by atoms with Crippen molar-refractivity contribution < 1.29 is 0 Å². The molecular weight excluding hydrogens is 260 g/mol. The van der Waals surface area contributed by atoms with Gasteiger partial charge in [0.15, 0.2) is 5.65 Å². The van der Waals surface area contributed by atoms with Gasteiger partial charge in [-0.25, -0.2) is 14.6 Å². The van der Waals surface area contributed by atoms with Gasteiger partial charge in [0, 0.05) is 23.4 Å². The van der Waals surface area contributed by atoms with Crippen molar-refractivity contribution in [3.63, 3.8) is 0 Å². The Bertz CT molecular complexity index is 925. The van der Waals surface area contributed by atoms with E-state index in [1.807, 2.05) is 48.7 Å². The minimum Gasteiger partial charge on any atom is -0.337 e. The lowest BCUT2D eigenvalue weighted by Gasteiger charge is -2.02. The minimum absolute atomic E-state index is 0.707. The van der Waals surface area contributed by atoms with Crippen LogP contribution in [-0.2, 0) is 6.42 Å². The number of nitrogens with two attached hydrogens (primary N) is 1. The molecular formula is C17H14N4. The second-order valence-corrected chi connectivity index (χ2v) is 5.07. The molecule has 2 aromatic heterocycles. The van der Waals surface area contributed by atoms with Crippen molar-refractivity contribution in [3.05, 3.63) is 72.2 Å². The summed E-state index contributed by atoms with van der Waals surface area (Å²) in [6.07, 6.45) is 2.57. The summed E-state index contributed by atoms with van der Waals surface area (Å²) >= 11 is 0. The van der Waals surface area contributed by atoms with E-state index in [0.29, 0.717) is 6.42 Å². The number of hydrogen-bond donors (Lipinski definition) is 1. The minimum atomic E-state index is 0.707. The third kappa shape index (κ3) is 1.92. The van der Waals surface area contributed by atoms with Crippen LogP contribution in [0.2, 0.25) is 0 Å². The Morgan fingerprint density at radius 3 is 2.52 bits per heavy atom. The highest BCUT2D eigenvalue weighted by Crippen LogP contribution is 2.25. The van der Waals surface area contributed by atoms with Crippen LogP contribution in [0.1, 0.15) is 11.4 Å². The van der Waals surface area contributed by atoms with Gasteiger partial charge in [-0.15, -0.1) is 0 Å². The van der Waals surface area contributed by atoms with Gasteiger partial charge in [-0.2, -0.15) is 0 Å². The maximum absolute atomic E-state index is 6.16. The van der Waals surface area contributed by atoms with Gasteiger partial charge < -0.3 is 5.84 Å².